The van der Waals surface area contributed by atoms with Gasteiger partial charge < -0.3 is 14.8 Å². The molecule has 1 heterocycles. The Labute approximate surface area is 190 Å². The van der Waals surface area contributed by atoms with Gasteiger partial charge in [-0.2, -0.15) is 0 Å². The van der Waals surface area contributed by atoms with E-state index in [1.165, 1.54) is 43.4 Å². The number of rotatable bonds is 5. The van der Waals surface area contributed by atoms with Crippen LogP contribution in [0.3, 0.4) is 0 Å². The summed E-state index contributed by atoms with van der Waals surface area (Å²) in [5, 5.41) is 7.94. The van der Waals surface area contributed by atoms with E-state index in [0.717, 1.165) is 0 Å². The molecule has 0 spiro atoms. The molecule has 0 aliphatic carbocycles. The van der Waals surface area contributed by atoms with Crippen LogP contribution >= 0.6 is 0 Å². The van der Waals surface area contributed by atoms with Crippen molar-refractivity contribution in [2.45, 2.75) is 10.9 Å². The maximum atomic E-state index is 13.7. The van der Waals surface area contributed by atoms with Gasteiger partial charge in [0.05, 0.1) is 30.5 Å². The molecule has 0 radical (unpaired) electrons. The van der Waals surface area contributed by atoms with Crippen molar-refractivity contribution in [1.82, 2.24) is 0 Å². The van der Waals surface area contributed by atoms with Crippen LogP contribution in [0.15, 0.2) is 71.6 Å². The van der Waals surface area contributed by atoms with Crippen molar-refractivity contribution >= 4 is 33.2 Å². The third kappa shape index (κ3) is 4.13. The lowest BCUT2D eigenvalue weighted by Gasteiger charge is -2.37. The van der Waals surface area contributed by atoms with E-state index in [2.05, 4.69) is 5.32 Å². The summed E-state index contributed by atoms with van der Waals surface area (Å²) in [6.07, 6.45) is 0. The molecule has 3 N–H and O–H groups in total. The molecule has 0 fully saturated rings. The number of benzene rings is 3. The highest BCUT2D eigenvalue weighted by atomic mass is 32.2. The third-order valence-electron chi connectivity index (χ3n) is 5.29. The molecule has 1 atom stereocenters. The van der Waals surface area contributed by atoms with Crippen LogP contribution in [0.2, 0.25) is 0 Å². The van der Waals surface area contributed by atoms with Crippen LogP contribution in [-0.2, 0) is 14.8 Å². The van der Waals surface area contributed by atoms with E-state index in [0.29, 0.717) is 22.7 Å². The monoisotopic (exact) mass is 467 g/mol. The number of nitrogens with two attached hydrogens (primary N) is 1. The van der Waals surface area contributed by atoms with Gasteiger partial charge in [0.2, 0.25) is 10.0 Å². The van der Waals surface area contributed by atoms with Crippen molar-refractivity contribution in [2.24, 2.45) is 5.14 Å². The fourth-order valence-electron chi connectivity index (χ4n) is 3.73. The summed E-state index contributed by atoms with van der Waals surface area (Å²) in [6, 6.07) is 16.5. The molecule has 170 valence electrons. The van der Waals surface area contributed by atoms with Crippen molar-refractivity contribution in [3.05, 3.63) is 77.9 Å². The molecule has 1 aliphatic rings. The van der Waals surface area contributed by atoms with Gasteiger partial charge in [-0.3, -0.25) is 14.5 Å². The van der Waals surface area contributed by atoms with Gasteiger partial charge >= 0.3 is 0 Å². The third-order valence-corrected chi connectivity index (χ3v) is 6.20. The van der Waals surface area contributed by atoms with Crippen molar-refractivity contribution in [1.29, 1.82) is 0 Å². The second kappa shape index (κ2) is 8.57. The van der Waals surface area contributed by atoms with Gasteiger partial charge in [0, 0.05) is 5.56 Å². The second-order valence-corrected chi connectivity index (χ2v) is 8.83. The number of hydrogen-bond acceptors (Lipinski definition) is 6. The maximum Gasteiger partial charge on any atom is 0.259 e. The van der Waals surface area contributed by atoms with Gasteiger partial charge in [0.15, 0.2) is 11.5 Å². The zero-order chi connectivity index (χ0) is 23.8. The molecule has 0 saturated heterocycles. The number of nitrogens with one attached hydrogen (secondary N) is 1. The van der Waals surface area contributed by atoms with E-state index < -0.39 is 27.9 Å². The van der Waals surface area contributed by atoms with Crippen molar-refractivity contribution in [3.8, 4) is 11.5 Å². The molecular weight excluding hydrogens is 446 g/mol. The highest BCUT2D eigenvalue weighted by molar-refractivity contribution is 7.89. The Balaban J connectivity index is 1.89. The first kappa shape index (κ1) is 22.3. The Morgan fingerprint density at radius 1 is 0.970 bits per heavy atom. The van der Waals surface area contributed by atoms with Crippen LogP contribution in [0, 0.1) is 0 Å². The first-order valence-electron chi connectivity index (χ1n) is 9.83. The lowest BCUT2D eigenvalue weighted by molar-refractivity contribution is -0.117. The van der Waals surface area contributed by atoms with Gasteiger partial charge in [-0.25, -0.2) is 13.6 Å². The van der Waals surface area contributed by atoms with Crippen molar-refractivity contribution in [3.63, 3.8) is 0 Å². The topological polar surface area (TPSA) is 128 Å². The summed E-state index contributed by atoms with van der Waals surface area (Å²) in [7, 11) is -1.07. The van der Waals surface area contributed by atoms with Crippen LogP contribution in [0.25, 0.3) is 0 Å². The van der Waals surface area contributed by atoms with Crippen LogP contribution in [0.1, 0.15) is 22.0 Å². The van der Waals surface area contributed by atoms with Crippen LogP contribution in [0.5, 0.6) is 11.5 Å². The number of anilines is 2. The second-order valence-electron chi connectivity index (χ2n) is 7.27. The summed E-state index contributed by atoms with van der Waals surface area (Å²) in [5.74, 6) is -0.174. The number of carbonyl (C=O) groups excluding carboxylic acids is 2. The molecule has 3 aromatic rings. The molecule has 0 bridgehead atoms. The summed E-state index contributed by atoms with van der Waals surface area (Å²) >= 11 is 0. The van der Waals surface area contributed by atoms with Crippen molar-refractivity contribution in [2.75, 3.05) is 24.4 Å². The highest BCUT2D eigenvalue weighted by Crippen LogP contribution is 2.41. The van der Waals surface area contributed by atoms with Crippen LogP contribution in [0.4, 0.5) is 11.4 Å². The standard InChI is InChI=1S/C23H21N3O6S/c1-31-19-11-8-15(12-20(19)32-2)23(28)26-18-10-9-16(33(24,29)30)13-17(18)25-22(27)21(26)14-6-4-3-5-7-14/h3-13,21H,1-2H3,(H,25,27)(H2,24,29,30). The Morgan fingerprint density at radius 2 is 1.67 bits per heavy atom. The smallest absolute Gasteiger partial charge is 0.259 e. The largest absolute Gasteiger partial charge is 0.493 e. The number of sulfonamides is 1. The number of carbonyl (C=O) groups is 2. The first-order chi connectivity index (χ1) is 15.7. The quantitative estimate of drug-likeness (QED) is 0.594. The molecule has 1 aliphatic heterocycles. The zero-order valence-electron chi connectivity index (χ0n) is 17.8. The van der Waals surface area contributed by atoms with E-state index in [1.54, 1.807) is 42.5 Å². The molecule has 33 heavy (non-hydrogen) atoms. The van der Waals surface area contributed by atoms with Gasteiger partial charge in [0.1, 0.15) is 6.04 Å². The SMILES string of the molecule is COc1ccc(C(=O)N2c3ccc(S(N)(=O)=O)cc3NC(=O)C2c2ccccc2)cc1OC. The lowest BCUT2D eigenvalue weighted by atomic mass is 9.98. The van der Waals surface area contributed by atoms with Crippen molar-refractivity contribution < 1.29 is 27.5 Å². The Hall–Kier alpha value is -3.89. The summed E-state index contributed by atoms with van der Waals surface area (Å²) in [5.41, 5.74) is 1.33. The maximum absolute atomic E-state index is 13.7. The molecular formula is C23H21N3O6S. The average Bonchev–Trinajstić information content (AvgIpc) is 2.81. The van der Waals surface area contributed by atoms with Gasteiger partial charge in [0.25, 0.3) is 11.8 Å². The van der Waals surface area contributed by atoms with Crippen LogP contribution in [-0.4, -0.2) is 34.5 Å². The minimum absolute atomic E-state index is 0.160. The van der Waals surface area contributed by atoms with Gasteiger partial charge in [-0.1, -0.05) is 30.3 Å². The van der Waals surface area contributed by atoms with E-state index in [-0.39, 0.29) is 16.1 Å². The fourth-order valence-corrected chi connectivity index (χ4v) is 4.27. The van der Waals surface area contributed by atoms with E-state index in [4.69, 9.17) is 14.6 Å². The number of hydrogen-bond donors (Lipinski definition) is 2. The lowest BCUT2D eigenvalue weighted by Crippen LogP contribution is -2.45. The summed E-state index contributed by atoms with van der Waals surface area (Å²) in [6.45, 7) is 0. The number of methoxy groups -OCH3 is 2. The normalized spacial score (nSPS) is 15.4. The predicted octanol–water partition coefficient (Wildman–Crippen LogP) is 2.69. The molecule has 0 saturated carbocycles. The molecule has 0 aromatic heterocycles. The van der Waals surface area contributed by atoms with E-state index in [1.807, 2.05) is 0 Å². The summed E-state index contributed by atoms with van der Waals surface area (Å²) < 4.78 is 34.2. The fraction of sp³-hybridized carbons (Fsp3) is 0.130. The minimum atomic E-state index is -4.01. The molecule has 1 unspecified atom stereocenters. The van der Waals surface area contributed by atoms with Gasteiger partial charge in [-0.05, 0) is 42.0 Å². The molecule has 10 heteroatoms. The Kier molecular flexibility index (Phi) is 5.79. The summed E-state index contributed by atoms with van der Waals surface area (Å²) in [4.78, 5) is 28.1. The average molecular weight is 468 g/mol. The van der Waals surface area contributed by atoms with Crippen LogP contribution < -0.4 is 24.8 Å². The number of fused-ring (bicyclic) bond motifs is 1. The Bertz CT molecular complexity index is 1340. The number of amides is 2. The molecule has 9 nitrogen and oxygen atoms in total. The number of ether oxygens (including phenoxy) is 2. The number of nitrogens with zero attached hydrogens (tertiary/aromatic N) is 1. The minimum Gasteiger partial charge on any atom is -0.493 e. The van der Waals surface area contributed by atoms with Gasteiger partial charge in [-0.15, -0.1) is 0 Å². The molecule has 3 aromatic carbocycles. The Morgan fingerprint density at radius 3 is 2.30 bits per heavy atom. The first-order valence-corrected chi connectivity index (χ1v) is 11.4. The molecule has 2 amide bonds. The predicted molar refractivity (Wildman–Crippen MR) is 122 cm³/mol. The molecule has 4 rings (SSSR count). The highest BCUT2D eigenvalue weighted by Gasteiger charge is 2.39. The zero-order valence-corrected chi connectivity index (χ0v) is 18.6. The van der Waals surface area contributed by atoms with E-state index >= 15 is 0 Å². The number of primary sulfonamides is 1. The van der Waals surface area contributed by atoms with E-state index in [9.17, 15) is 18.0 Å².